The summed E-state index contributed by atoms with van der Waals surface area (Å²) in [6.07, 6.45) is 0. The van der Waals surface area contributed by atoms with Gasteiger partial charge < -0.3 is 0 Å². The zero-order valence-corrected chi connectivity index (χ0v) is 23.2. The zero-order valence-electron chi connectivity index (χ0n) is 21.4. The maximum atomic E-state index is 4.56. The first-order valence-corrected chi connectivity index (χ1v) is 14.4. The fraction of sp³-hybridized carbons (Fsp3) is 0. The summed E-state index contributed by atoms with van der Waals surface area (Å²) in [7, 11) is 0. The molecular weight excluding hydrogens is 521 g/mol. The molecule has 0 saturated heterocycles. The van der Waals surface area contributed by atoms with Gasteiger partial charge in [-0.1, -0.05) is 48.5 Å². The molecule has 0 N–H and O–H groups in total. The van der Waals surface area contributed by atoms with Crippen molar-refractivity contribution in [2.24, 2.45) is 0 Å². The smallest absolute Gasteiger partial charge is 0.00463 e. The van der Waals surface area contributed by atoms with Crippen molar-refractivity contribution in [3.05, 3.63) is 121 Å². The molecule has 0 aliphatic carbocycles. The fourth-order valence-electron chi connectivity index (χ4n) is 6.66. The average Bonchev–Trinajstić information content (AvgIpc) is 2.96. The summed E-state index contributed by atoms with van der Waals surface area (Å²) in [5.41, 5.74) is 0. The Hall–Kier alpha value is -4.24. The van der Waals surface area contributed by atoms with Gasteiger partial charge in [-0.3, -0.25) is 0 Å². The van der Waals surface area contributed by atoms with Gasteiger partial charge in [0.1, 0.15) is 0 Å². The lowest BCUT2D eigenvalue weighted by atomic mass is 9.92. The Morgan fingerprint density at radius 1 is 0.225 bits per heavy atom. The molecule has 0 amide bonds. The predicted octanol–water partition coefficient (Wildman–Crippen LogP) is 11.5. The molecule has 0 saturated carbocycles. The highest BCUT2D eigenvalue weighted by molar-refractivity contribution is 7.80. The van der Waals surface area contributed by atoms with E-state index < -0.39 is 0 Å². The molecule has 186 valence electrons. The van der Waals surface area contributed by atoms with Crippen LogP contribution in [0.5, 0.6) is 0 Å². The van der Waals surface area contributed by atoms with Crippen LogP contribution in [0.1, 0.15) is 0 Å². The molecule has 9 aromatic rings. The van der Waals surface area contributed by atoms with E-state index in [0.717, 1.165) is 9.79 Å². The van der Waals surface area contributed by atoms with Gasteiger partial charge in [-0.15, -0.1) is 25.3 Å². The van der Waals surface area contributed by atoms with Crippen LogP contribution < -0.4 is 0 Å². The summed E-state index contributed by atoms with van der Waals surface area (Å²) < 4.78 is 0. The van der Waals surface area contributed by atoms with Gasteiger partial charge in [-0.25, -0.2) is 0 Å². The van der Waals surface area contributed by atoms with Gasteiger partial charge in [0.2, 0.25) is 0 Å². The first-order valence-electron chi connectivity index (χ1n) is 13.5. The third-order valence-corrected chi connectivity index (χ3v) is 9.18. The topological polar surface area (TPSA) is 0 Å². The normalized spacial score (nSPS) is 12.2. The molecule has 0 aromatic heterocycles. The Morgan fingerprint density at radius 3 is 1.25 bits per heavy atom. The number of benzene rings is 9. The molecule has 0 fully saturated rings. The number of thiol groups is 2. The third kappa shape index (κ3) is 3.30. The van der Waals surface area contributed by atoms with E-state index in [9.17, 15) is 0 Å². The Kier molecular flexibility index (Phi) is 4.59. The van der Waals surface area contributed by atoms with Crippen LogP contribution in [-0.4, -0.2) is 0 Å². The van der Waals surface area contributed by atoms with E-state index in [-0.39, 0.29) is 0 Å². The standard InChI is InChI=1S/C38H22S2/c39-31-6-3-21-11-26-16-30-19-36-24(13-27(30)14-28(26)15-29(21)18-31)5-9-35-34(36)8-4-23-12-22-1-2-25-17-32(40)7-10-33(25)37(22)20-38(23)35/h1-20,39-40H. The van der Waals surface area contributed by atoms with Crippen LogP contribution in [0.15, 0.2) is 131 Å². The summed E-state index contributed by atoms with van der Waals surface area (Å²) in [6, 6.07) is 45.1. The minimum Gasteiger partial charge on any atom is -0.143 e. The zero-order chi connectivity index (χ0) is 26.5. The molecule has 0 radical (unpaired) electrons. The highest BCUT2D eigenvalue weighted by atomic mass is 32.1. The largest absolute Gasteiger partial charge is 0.143 e. The van der Waals surface area contributed by atoms with Crippen LogP contribution in [-0.2, 0) is 0 Å². The number of hydrogen-bond donors (Lipinski definition) is 2. The van der Waals surface area contributed by atoms with Crippen molar-refractivity contribution in [1.82, 2.24) is 0 Å². The first-order chi connectivity index (χ1) is 19.6. The maximum absolute atomic E-state index is 4.56. The summed E-state index contributed by atoms with van der Waals surface area (Å²) in [5, 5.41) is 20.3. The summed E-state index contributed by atoms with van der Waals surface area (Å²) in [6.45, 7) is 0. The van der Waals surface area contributed by atoms with Crippen molar-refractivity contribution < 1.29 is 0 Å². The molecule has 0 nitrogen and oxygen atoms in total. The molecule has 9 rings (SSSR count). The molecule has 0 spiro atoms. The Morgan fingerprint density at radius 2 is 0.575 bits per heavy atom. The van der Waals surface area contributed by atoms with Gasteiger partial charge in [-0.05, 0) is 159 Å². The minimum absolute atomic E-state index is 0.990. The van der Waals surface area contributed by atoms with E-state index in [1.807, 2.05) is 0 Å². The van der Waals surface area contributed by atoms with Crippen molar-refractivity contribution >= 4 is 111 Å². The molecule has 0 aliphatic heterocycles. The average molecular weight is 543 g/mol. The van der Waals surface area contributed by atoms with E-state index in [0.29, 0.717) is 0 Å². The molecule has 0 heterocycles. The fourth-order valence-corrected chi connectivity index (χ4v) is 7.09. The van der Waals surface area contributed by atoms with Gasteiger partial charge in [0.25, 0.3) is 0 Å². The molecule has 0 unspecified atom stereocenters. The molecule has 0 bridgehead atoms. The number of hydrogen-bond acceptors (Lipinski definition) is 2. The van der Waals surface area contributed by atoms with Crippen LogP contribution in [0.4, 0.5) is 0 Å². The summed E-state index contributed by atoms with van der Waals surface area (Å²) in [4.78, 5) is 1.98. The SMILES string of the molecule is Sc1ccc2cc3cc4cc5c(ccc6c7cc8c(ccc9cc(S)ccc98)cc7ccc56)cc4cc3cc2c1. The van der Waals surface area contributed by atoms with E-state index >= 15 is 0 Å². The quantitative estimate of drug-likeness (QED) is 0.106. The lowest BCUT2D eigenvalue weighted by Gasteiger charge is -2.12. The Balaban J connectivity index is 1.33. The van der Waals surface area contributed by atoms with Crippen molar-refractivity contribution in [2.45, 2.75) is 9.79 Å². The van der Waals surface area contributed by atoms with Gasteiger partial charge in [-0.2, -0.15) is 0 Å². The minimum atomic E-state index is 0.990. The Bertz CT molecular complexity index is 2560. The maximum Gasteiger partial charge on any atom is 0.00463 e. The second kappa shape index (κ2) is 8.14. The van der Waals surface area contributed by atoms with Gasteiger partial charge >= 0.3 is 0 Å². The molecular formula is C38H22S2. The van der Waals surface area contributed by atoms with E-state index in [4.69, 9.17) is 0 Å². The van der Waals surface area contributed by atoms with Crippen LogP contribution in [0.2, 0.25) is 0 Å². The first kappa shape index (κ1) is 22.6. The molecule has 0 atom stereocenters. The number of rotatable bonds is 0. The van der Waals surface area contributed by atoms with Crippen molar-refractivity contribution in [2.75, 3.05) is 0 Å². The Labute approximate surface area is 241 Å². The van der Waals surface area contributed by atoms with Gasteiger partial charge in [0.15, 0.2) is 0 Å². The van der Waals surface area contributed by atoms with E-state index in [2.05, 4.69) is 147 Å². The molecule has 9 aromatic carbocycles. The number of fused-ring (bicyclic) bond motifs is 11. The van der Waals surface area contributed by atoms with Crippen LogP contribution in [0.25, 0.3) is 86.2 Å². The summed E-state index contributed by atoms with van der Waals surface area (Å²) in [5.74, 6) is 0. The second-order valence-electron chi connectivity index (χ2n) is 11.0. The van der Waals surface area contributed by atoms with E-state index in [1.165, 1.54) is 86.2 Å². The van der Waals surface area contributed by atoms with Crippen LogP contribution in [0.3, 0.4) is 0 Å². The predicted molar refractivity (Wildman–Crippen MR) is 181 cm³/mol. The lowest BCUT2D eigenvalue weighted by molar-refractivity contribution is 1.53. The molecule has 0 aliphatic rings. The highest BCUT2D eigenvalue weighted by Gasteiger charge is 2.10. The van der Waals surface area contributed by atoms with Crippen molar-refractivity contribution in [3.8, 4) is 0 Å². The van der Waals surface area contributed by atoms with Crippen molar-refractivity contribution in [3.63, 3.8) is 0 Å². The highest BCUT2D eigenvalue weighted by Crippen LogP contribution is 2.38. The lowest BCUT2D eigenvalue weighted by Crippen LogP contribution is -1.85. The third-order valence-electron chi connectivity index (χ3n) is 8.62. The summed E-state index contributed by atoms with van der Waals surface area (Å²) >= 11 is 9.10. The molecule has 40 heavy (non-hydrogen) atoms. The van der Waals surface area contributed by atoms with Gasteiger partial charge in [0.05, 0.1) is 0 Å². The van der Waals surface area contributed by atoms with Crippen LogP contribution in [0, 0.1) is 0 Å². The van der Waals surface area contributed by atoms with E-state index in [1.54, 1.807) is 0 Å². The van der Waals surface area contributed by atoms with Crippen LogP contribution >= 0.6 is 25.3 Å². The van der Waals surface area contributed by atoms with Gasteiger partial charge in [0, 0.05) is 9.79 Å². The molecule has 2 heteroatoms. The monoisotopic (exact) mass is 542 g/mol. The second-order valence-corrected chi connectivity index (χ2v) is 12.0. The van der Waals surface area contributed by atoms with Crippen molar-refractivity contribution in [1.29, 1.82) is 0 Å².